The van der Waals surface area contributed by atoms with E-state index in [1.807, 2.05) is 33.8 Å². The molecule has 2 aliphatic heterocycles. The van der Waals surface area contributed by atoms with Crippen molar-refractivity contribution in [1.29, 1.82) is 0 Å². The highest BCUT2D eigenvalue weighted by atomic mass is 32.2. The van der Waals surface area contributed by atoms with E-state index in [0.29, 0.717) is 11.1 Å². The number of rotatable bonds is 4. The van der Waals surface area contributed by atoms with Gasteiger partial charge in [0.15, 0.2) is 5.65 Å². The van der Waals surface area contributed by atoms with Crippen LogP contribution >= 0.6 is 0 Å². The largest absolute Gasteiger partial charge is 0.497 e. The van der Waals surface area contributed by atoms with E-state index in [4.69, 9.17) is 9.31 Å². The van der Waals surface area contributed by atoms with Crippen LogP contribution in [-0.4, -0.2) is 73.8 Å². The van der Waals surface area contributed by atoms with Crippen molar-refractivity contribution in [2.75, 3.05) is 38.1 Å². The third-order valence-corrected chi connectivity index (χ3v) is 8.98. The number of nitrogens with zero attached hydrogens (tertiary/aromatic N) is 4. The van der Waals surface area contributed by atoms with Crippen molar-refractivity contribution < 1.29 is 17.7 Å². The van der Waals surface area contributed by atoms with Crippen LogP contribution < -0.4 is 10.4 Å². The minimum Gasteiger partial charge on any atom is -0.399 e. The van der Waals surface area contributed by atoms with Gasteiger partial charge in [-0.3, -0.25) is 0 Å². The number of hydrogen-bond donors (Lipinski definition) is 0. The standard InChI is InChI=1S/C24H31BN4O4S/c1-23(2)24(3,4)33-25(32-23)19-17-29(34(30,31)18-9-7-6-8-10-18)22-21(19)20(11-12-26-22)28-15-13-27(5)14-16-28/h6-12,17H,13-16H2,1-5H3. The molecule has 0 bridgehead atoms. The van der Waals surface area contributed by atoms with E-state index < -0.39 is 28.3 Å². The maximum Gasteiger partial charge on any atom is 0.497 e. The zero-order valence-electron chi connectivity index (χ0n) is 20.4. The molecule has 5 rings (SSSR count). The van der Waals surface area contributed by atoms with Crippen LogP contribution in [0.15, 0.2) is 53.7 Å². The summed E-state index contributed by atoms with van der Waals surface area (Å²) in [5.74, 6) is 0. The molecule has 10 heteroatoms. The Balaban J connectivity index is 1.72. The Morgan fingerprint density at radius 3 is 2.18 bits per heavy atom. The summed E-state index contributed by atoms with van der Waals surface area (Å²) in [6.45, 7) is 11.5. The van der Waals surface area contributed by atoms with E-state index in [0.717, 1.165) is 37.3 Å². The second-order valence-electron chi connectivity index (χ2n) is 10.1. The third kappa shape index (κ3) is 3.73. The maximum absolute atomic E-state index is 13.7. The fourth-order valence-electron chi connectivity index (χ4n) is 4.49. The average Bonchev–Trinajstić information content (AvgIpc) is 3.29. The van der Waals surface area contributed by atoms with E-state index in [1.54, 1.807) is 42.7 Å². The fourth-order valence-corrected chi connectivity index (χ4v) is 5.83. The van der Waals surface area contributed by atoms with Crippen LogP contribution in [0.3, 0.4) is 0 Å². The lowest BCUT2D eigenvalue weighted by Gasteiger charge is -2.34. The van der Waals surface area contributed by atoms with Crippen molar-refractivity contribution in [3.05, 3.63) is 48.8 Å². The molecule has 0 atom stereocenters. The Labute approximate surface area is 201 Å². The number of pyridine rings is 1. The molecule has 3 aromatic rings. The van der Waals surface area contributed by atoms with Crippen LogP contribution in [0.5, 0.6) is 0 Å². The molecule has 0 aliphatic carbocycles. The van der Waals surface area contributed by atoms with Crippen molar-refractivity contribution >= 4 is 39.3 Å². The van der Waals surface area contributed by atoms with Gasteiger partial charge in [0, 0.05) is 55.1 Å². The van der Waals surface area contributed by atoms with Crippen molar-refractivity contribution in [1.82, 2.24) is 13.9 Å². The Kier molecular flexibility index (Phi) is 5.55. The van der Waals surface area contributed by atoms with Gasteiger partial charge in [-0.2, -0.15) is 0 Å². The summed E-state index contributed by atoms with van der Waals surface area (Å²) in [6, 6.07) is 10.4. The van der Waals surface area contributed by atoms with Gasteiger partial charge in [0.05, 0.1) is 16.1 Å². The normalized spacial score (nSPS) is 20.9. The molecule has 8 nitrogen and oxygen atoms in total. The molecule has 0 spiro atoms. The molecule has 2 fully saturated rings. The number of fused-ring (bicyclic) bond motifs is 1. The molecule has 0 saturated carbocycles. The second kappa shape index (κ2) is 8.08. The van der Waals surface area contributed by atoms with Gasteiger partial charge >= 0.3 is 7.12 Å². The predicted molar refractivity (Wildman–Crippen MR) is 134 cm³/mol. The second-order valence-corrected chi connectivity index (χ2v) is 11.9. The first-order valence-electron chi connectivity index (χ1n) is 11.6. The topological polar surface area (TPSA) is 76.9 Å². The van der Waals surface area contributed by atoms with Gasteiger partial charge in [-0.1, -0.05) is 18.2 Å². The van der Waals surface area contributed by atoms with Crippen molar-refractivity contribution in [3.63, 3.8) is 0 Å². The van der Waals surface area contributed by atoms with Gasteiger partial charge in [0.1, 0.15) is 0 Å². The molecule has 2 aromatic heterocycles. The summed E-state index contributed by atoms with van der Waals surface area (Å²) in [5, 5.41) is 0.755. The summed E-state index contributed by atoms with van der Waals surface area (Å²) in [7, 11) is -2.48. The summed E-state index contributed by atoms with van der Waals surface area (Å²) in [4.78, 5) is 9.33. The Bertz CT molecular complexity index is 1300. The van der Waals surface area contributed by atoms with E-state index in [2.05, 4.69) is 21.8 Å². The monoisotopic (exact) mass is 482 g/mol. The lowest BCUT2D eigenvalue weighted by molar-refractivity contribution is 0.00578. The predicted octanol–water partition coefficient (Wildman–Crippen LogP) is 2.32. The molecule has 2 aliphatic rings. The lowest BCUT2D eigenvalue weighted by Crippen LogP contribution is -2.45. The number of likely N-dealkylation sites (N-methyl/N-ethyl adjacent to an activating group) is 1. The average molecular weight is 482 g/mol. The molecule has 0 amide bonds. The van der Waals surface area contributed by atoms with Crippen LogP contribution in [0.4, 0.5) is 5.69 Å². The molecule has 2 saturated heterocycles. The van der Waals surface area contributed by atoms with Crippen LogP contribution in [0, 0.1) is 0 Å². The molecule has 34 heavy (non-hydrogen) atoms. The van der Waals surface area contributed by atoms with Crippen LogP contribution in [0.25, 0.3) is 11.0 Å². The highest BCUT2D eigenvalue weighted by Gasteiger charge is 2.53. The Hall–Kier alpha value is -2.40. The molecular formula is C24H31BN4O4S. The highest BCUT2D eigenvalue weighted by Crippen LogP contribution is 2.38. The molecule has 180 valence electrons. The zero-order valence-corrected chi connectivity index (χ0v) is 21.2. The van der Waals surface area contributed by atoms with E-state index in [9.17, 15) is 8.42 Å². The highest BCUT2D eigenvalue weighted by molar-refractivity contribution is 7.90. The summed E-state index contributed by atoms with van der Waals surface area (Å²) in [6.07, 6.45) is 3.31. The van der Waals surface area contributed by atoms with Gasteiger partial charge in [0.2, 0.25) is 0 Å². The van der Waals surface area contributed by atoms with Gasteiger partial charge in [-0.25, -0.2) is 17.4 Å². The zero-order chi connectivity index (χ0) is 24.3. The Morgan fingerprint density at radius 2 is 1.56 bits per heavy atom. The van der Waals surface area contributed by atoms with Crippen LogP contribution in [0.1, 0.15) is 27.7 Å². The maximum atomic E-state index is 13.7. The smallest absolute Gasteiger partial charge is 0.399 e. The summed E-state index contributed by atoms with van der Waals surface area (Å²) in [5.41, 5.74) is 0.895. The summed E-state index contributed by atoms with van der Waals surface area (Å²) >= 11 is 0. The fraction of sp³-hybridized carbons (Fsp3) is 0.458. The van der Waals surface area contributed by atoms with Crippen molar-refractivity contribution in [2.24, 2.45) is 0 Å². The van der Waals surface area contributed by atoms with Crippen molar-refractivity contribution in [3.8, 4) is 0 Å². The molecule has 0 radical (unpaired) electrons. The first kappa shape index (κ1) is 23.4. The minimum absolute atomic E-state index is 0.208. The van der Waals surface area contributed by atoms with E-state index >= 15 is 0 Å². The van der Waals surface area contributed by atoms with Gasteiger partial charge in [0.25, 0.3) is 10.0 Å². The number of benzene rings is 1. The number of hydrogen-bond acceptors (Lipinski definition) is 7. The third-order valence-electron chi connectivity index (χ3n) is 7.31. The van der Waals surface area contributed by atoms with Crippen LogP contribution in [-0.2, 0) is 19.3 Å². The summed E-state index contributed by atoms with van der Waals surface area (Å²) < 4.78 is 41.4. The molecule has 1 aromatic carbocycles. The molecular weight excluding hydrogens is 451 g/mol. The van der Waals surface area contributed by atoms with Gasteiger partial charge < -0.3 is 19.1 Å². The molecule has 0 unspecified atom stereocenters. The van der Waals surface area contributed by atoms with Gasteiger partial charge in [-0.15, -0.1) is 0 Å². The first-order chi connectivity index (χ1) is 16.0. The van der Waals surface area contributed by atoms with Crippen molar-refractivity contribution in [2.45, 2.75) is 43.8 Å². The number of piperazine rings is 1. The van der Waals surface area contributed by atoms with Gasteiger partial charge in [-0.05, 0) is 52.9 Å². The Morgan fingerprint density at radius 1 is 0.941 bits per heavy atom. The van der Waals surface area contributed by atoms with E-state index in [-0.39, 0.29) is 4.90 Å². The minimum atomic E-state index is -3.87. The SMILES string of the molecule is CN1CCN(c2ccnc3c2c(B2OC(C)(C)C(C)(C)O2)cn3S(=O)(=O)c2ccccc2)CC1. The lowest BCUT2D eigenvalue weighted by atomic mass is 9.79. The van der Waals surface area contributed by atoms with Crippen LogP contribution in [0.2, 0.25) is 0 Å². The molecule has 0 N–H and O–H groups in total. The molecule has 4 heterocycles. The number of anilines is 1. The first-order valence-corrected chi connectivity index (χ1v) is 13.0. The van der Waals surface area contributed by atoms with E-state index in [1.165, 1.54) is 3.97 Å². The number of aromatic nitrogens is 2. The quantitative estimate of drug-likeness (QED) is 0.529.